The first kappa shape index (κ1) is 15.4. The van der Waals surface area contributed by atoms with Crippen LogP contribution in [0.15, 0.2) is 0 Å². The maximum absolute atomic E-state index is 12.0. The van der Waals surface area contributed by atoms with Gasteiger partial charge in [-0.05, 0) is 26.2 Å². The van der Waals surface area contributed by atoms with E-state index in [4.69, 9.17) is 10.5 Å². The molecule has 0 aromatic heterocycles. The molecular weight excluding hydrogens is 256 g/mol. The highest BCUT2D eigenvalue weighted by atomic mass is 32.2. The first-order valence-corrected chi connectivity index (χ1v) is 7.86. The van der Waals surface area contributed by atoms with Gasteiger partial charge >= 0.3 is 5.97 Å². The minimum absolute atomic E-state index is 0.00439. The molecule has 0 radical (unpaired) electrons. The number of ether oxygens (including phenoxy) is 1. The topological polar surface area (TPSA) is 89.7 Å². The summed E-state index contributed by atoms with van der Waals surface area (Å²) < 4.78 is 30.1. The summed E-state index contributed by atoms with van der Waals surface area (Å²) in [5.41, 5.74) is 5.77. The summed E-state index contributed by atoms with van der Waals surface area (Å²) >= 11 is 0. The van der Waals surface area contributed by atoms with Gasteiger partial charge < -0.3 is 10.5 Å². The minimum atomic E-state index is -3.36. The van der Waals surface area contributed by atoms with Gasteiger partial charge in [0.2, 0.25) is 10.0 Å². The van der Waals surface area contributed by atoms with E-state index in [1.165, 1.54) is 4.31 Å². The van der Waals surface area contributed by atoms with Crippen LogP contribution < -0.4 is 5.73 Å². The largest absolute Gasteiger partial charge is 0.466 e. The molecule has 1 fully saturated rings. The lowest BCUT2D eigenvalue weighted by Gasteiger charge is -2.17. The molecule has 2 unspecified atom stereocenters. The lowest BCUT2D eigenvalue weighted by molar-refractivity contribution is -0.142. The fraction of sp³-hybridized carbons (Fsp3) is 0.909. The SMILES string of the molecule is CCOC(=O)CCS(=O)(=O)N1CCC(C(C)N)C1. The molecule has 0 aromatic rings. The van der Waals surface area contributed by atoms with E-state index in [1.807, 2.05) is 6.92 Å². The predicted molar refractivity (Wildman–Crippen MR) is 68.4 cm³/mol. The lowest BCUT2D eigenvalue weighted by Crippen LogP contribution is -2.34. The van der Waals surface area contributed by atoms with Gasteiger partial charge in [-0.25, -0.2) is 12.7 Å². The number of carbonyl (C=O) groups is 1. The van der Waals surface area contributed by atoms with Crippen LogP contribution >= 0.6 is 0 Å². The summed E-state index contributed by atoms with van der Waals surface area (Å²) in [6, 6.07) is -0.00439. The van der Waals surface area contributed by atoms with Crippen molar-refractivity contribution in [2.24, 2.45) is 11.7 Å². The highest BCUT2D eigenvalue weighted by Crippen LogP contribution is 2.21. The second kappa shape index (κ2) is 6.49. The zero-order chi connectivity index (χ0) is 13.8. The highest BCUT2D eigenvalue weighted by molar-refractivity contribution is 7.89. The third-order valence-corrected chi connectivity index (χ3v) is 5.03. The predicted octanol–water partition coefficient (Wildman–Crippen LogP) is -0.0615. The van der Waals surface area contributed by atoms with Crippen LogP contribution in [0.2, 0.25) is 0 Å². The van der Waals surface area contributed by atoms with Crippen molar-refractivity contribution in [1.82, 2.24) is 4.31 Å². The lowest BCUT2D eigenvalue weighted by atomic mass is 10.0. The molecule has 2 N–H and O–H groups in total. The molecule has 0 bridgehead atoms. The van der Waals surface area contributed by atoms with Crippen molar-refractivity contribution in [1.29, 1.82) is 0 Å². The molecule has 0 aliphatic carbocycles. The average molecular weight is 278 g/mol. The van der Waals surface area contributed by atoms with E-state index in [1.54, 1.807) is 6.92 Å². The van der Waals surface area contributed by atoms with E-state index in [0.717, 1.165) is 6.42 Å². The molecular formula is C11H22N2O4S. The van der Waals surface area contributed by atoms with Gasteiger partial charge in [-0.2, -0.15) is 0 Å². The van der Waals surface area contributed by atoms with Crippen LogP contribution in [0.1, 0.15) is 26.7 Å². The van der Waals surface area contributed by atoms with Gasteiger partial charge in [0.05, 0.1) is 18.8 Å². The fourth-order valence-electron chi connectivity index (χ4n) is 2.01. The number of carbonyl (C=O) groups excluding carboxylic acids is 1. The van der Waals surface area contributed by atoms with Crippen LogP contribution in [0, 0.1) is 5.92 Å². The zero-order valence-electron chi connectivity index (χ0n) is 11.0. The summed E-state index contributed by atoms with van der Waals surface area (Å²) in [6.45, 7) is 4.81. The van der Waals surface area contributed by atoms with Gasteiger partial charge in [0, 0.05) is 19.1 Å². The Kier molecular flexibility index (Phi) is 5.55. The quantitative estimate of drug-likeness (QED) is 0.687. The molecule has 0 spiro atoms. The monoisotopic (exact) mass is 278 g/mol. The molecule has 18 heavy (non-hydrogen) atoms. The normalized spacial score (nSPS) is 22.9. The van der Waals surface area contributed by atoms with Crippen LogP contribution in [-0.4, -0.2) is 50.2 Å². The van der Waals surface area contributed by atoms with E-state index in [-0.39, 0.29) is 30.7 Å². The Balaban J connectivity index is 2.47. The number of hydrogen-bond donors (Lipinski definition) is 1. The van der Waals surface area contributed by atoms with E-state index in [9.17, 15) is 13.2 Å². The molecule has 2 atom stereocenters. The van der Waals surface area contributed by atoms with Crippen LogP contribution in [0.25, 0.3) is 0 Å². The maximum Gasteiger partial charge on any atom is 0.306 e. The molecule has 7 heteroatoms. The Labute approximate surface area is 109 Å². The molecule has 1 saturated heterocycles. The number of rotatable bonds is 6. The Morgan fingerprint density at radius 3 is 2.72 bits per heavy atom. The van der Waals surface area contributed by atoms with E-state index in [0.29, 0.717) is 13.1 Å². The van der Waals surface area contributed by atoms with Crippen LogP contribution in [0.3, 0.4) is 0 Å². The Hall–Kier alpha value is -0.660. The second-order valence-corrected chi connectivity index (χ2v) is 6.73. The van der Waals surface area contributed by atoms with Crippen LogP contribution in [-0.2, 0) is 19.6 Å². The standard InChI is InChI=1S/C11H22N2O4S/c1-3-17-11(14)5-7-18(15,16)13-6-4-10(8-13)9(2)12/h9-10H,3-8,12H2,1-2H3. The van der Waals surface area contributed by atoms with Gasteiger partial charge in [-0.15, -0.1) is 0 Å². The van der Waals surface area contributed by atoms with Gasteiger partial charge in [0.1, 0.15) is 0 Å². The summed E-state index contributed by atoms with van der Waals surface area (Å²) in [4.78, 5) is 11.2. The minimum Gasteiger partial charge on any atom is -0.466 e. The molecule has 1 aliphatic rings. The average Bonchev–Trinajstić information content (AvgIpc) is 2.77. The number of nitrogens with zero attached hydrogens (tertiary/aromatic N) is 1. The Morgan fingerprint density at radius 1 is 1.56 bits per heavy atom. The smallest absolute Gasteiger partial charge is 0.306 e. The summed E-state index contributed by atoms with van der Waals surface area (Å²) in [5.74, 6) is -0.441. The molecule has 1 aliphatic heterocycles. The molecule has 106 valence electrons. The van der Waals surface area contributed by atoms with Gasteiger partial charge in [-0.1, -0.05) is 0 Å². The molecule has 6 nitrogen and oxygen atoms in total. The number of sulfonamides is 1. The van der Waals surface area contributed by atoms with Crippen molar-refractivity contribution in [3.8, 4) is 0 Å². The van der Waals surface area contributed by atoms with Gasteiger partial charge in [0.25, 0.3) is 0 Å². The number of hydrogen-bond acceptors (Lipinski definition) is 5. The van der Waals surface area contributed by atoms with Crippen molar-refractivity contribution in [2.75, 3.05) is 25.4 Å². The molecule has 0 aromatic carbocycles. The van der Waals surface area contributed by atoms with Crippen LogP contribution in [0.5, 0.6) is 0 Å². The number of nitrogens with two attached hydrogens (primary N) is 1. The fourth-order valence-corrected chi connectivity index (χ4v) is 3.50. The van der Waals surface area contributed by atoms with Crippen molar-refractivity contribution in [3.05, 3.63) is 0 Å². The second-order valence-electron chi connectivity index (χ2n) is 4.64. The maximum atomic E-state index is 12.0. The van der Waals surface area contributed by atoms with Crippen LogP contribution in [0.4, 0.5) is 0 Å². The van der Waals surface area contributed by atoms with E-state index < -0.39 is 16.0 Å². The van der Waals surface area contributed by atoms with E-state index in [2.05, 4.69) is 0 Å². The molecule has 0 saturated carbocycles. The van der Waals surface area contributed by atoms with Crippen molar-refractivity contribution >= 4 is 16.0 Å². The molecule has 0 amide bonds. The summed E-state index contributed by atoms with van der Waals surface area (Å²) in [5, 5.41) is 0. The number of esters is 1. The summed E-state index contributed by atoms with van der Waals surface area (Å²) in [7, 11) is -3.36. The zero-order valence-corrected chi connectivity index (χ0v) is 11.8. The van der Waals surface area contributed by atoms with Gasteiger partial charge in [-0.3, -0.25) is 4.79 Å². The third kappa shape index (κ3) is 4.22. The van der Waals surface area contributed by atoms with Gasteiger partial charge in [0.15, 0.2) is 0 Å². The first-order chi connectivity index (χ1) is 8.36. The van der Waals surface area contributed by atoms with Crippen molar-refractivity contribution in [3.63, 3.8) is 0 Å². The molecule has 1 rings (SSSR count). The summed E-state index contributed by atoms with van der Waals surface area (Å²) in [6.07, 6.45) is 0.700. The first-order valence-electron chi connectivity index (χ1n) is 6.26. The Morgan fingerprint density at radius 2 is 2.22 bits per heavy atom. The van der Waals surface area contributed by atoms with Crippen molar-refractivity contribution < 1.29 is 17.9 Å². The Bertz CT molecular complexity index is 381. The third-order valence-electron chi connectivity index (χ3n) is 3.19. The highest BCUT2D eigenvalue weighted by Gasteiger charge is 2.32. The molecule has 1 heterocycles. The van der Waals surface area contributed by atoms with Crippen molar-refractivity contribution in [2.45, 2.75) is 32.7 Å². The van der Waals surface area contributed by atoms with E-state index >= 15 is 0 Å².